The molecule has 0 atom stereocenters. The minimum Gasteiger partial charge on any atom is -0.313 e. The molecule has 0 fully saturated rings. The number of fused-ring (bicyclic) bond motifs is 4. The van der Waals surface area contributed by atoms with Gasteiger partial charge in [0.05, 0.1) is 0 Å². The van der Waals surface area contributed by atoms with Crippen LogP contribution in [0.3, 0.4) is 0 Å². The second-order valence-corrected chi connectivity index (χ2v) is 15.1. The number of benzene rings is 8. The molecule has 0 radical (unpaired) electrons. The van der Waals surface area contributed by atoms with Crippen LogP contribution in [0.25, 0.3) is 11.1 Å². The predicted octanol–water partition coefficient (Wildman–Crippen LogP) is 7.47. The first kappa shape index (κ1) is 29.3. The van der Waals surface area contributed by atoms with Crippen LogP contribution >= 0.6 is 0 Å². The number of para-hydroxylation sites is 2. The highest BCUT2D eigenvalue weighted by molar-refractivity contribution is 7.02. The van der Waals surface area contributed by atoms with E-state index in [1.54, 1.807) is 0 Å². The molecule has 2 aliphatic heterocycles. The van der Waals surface area contributed by atoms with Crippen LogP contribution in [0.4, 0.5) is 17.1 Å². The zero-order valence-electron chi connectivity index (χ0n) is 29.2. The normalized spacial score (nSPS) is 16.6. The highest BCUT2D eigenvalue weighted by Crippen LogP contribution is 2.57. The molecule has 1 nitrogen and oxygen atoms in total. The van der Waals surface area contributed by atoms with E-state index < -0.39 is 0 Å². The van der Waals surface area contributed by atoms with E-state index in [2.05, 4.69) is 193 Å². The molecular weight excluding hydrogens is 636 g/mol. The summed E-state index contributed by atoms with van der Waals surface area (Å²) in [7, 11) is 0. The molecule has 0 aromatic heterocycles. The van der Waals surface area contributed by atoms with Crippen LogP contribution in [0.15, 0.2) is 188 Å². The fraction of sp³-hybridized carbons (Fsp3) is 0.0400. The van der Waals surface area contributed by atoms with E-state index in [1.165, 1.54) is 94.3 Å². The third-order valence-corrected chi connectivity index (χ3v) is 12.5. The summed E-state index contributed by atoms with van der Waals surface area (Å²) in [6.07, 6.45) is 0. The third kappa shape index (κ3) is 4.00. The smallest absolute Gasteiger partial charge is 0.246 e. The molecule has 2 heterocycles. The Kier molecular flexibility index (Phi) is 6.13. The second-order valence-electron chi connectivity index (χ2n) is 15.1. The monoisotopic (exact) mass is 669 g/mol. The Morgan fingerprint density at radius 2 is 0.792 bits per heavy atom. The summed E-state index contributed by atoms with van der Waals surface area (Å²) < 4.78 is 0. The molecule has 3 aliphatic carbocycles. The van der Waals surface area contributed by atoms with Crippen molar-refractivity contribution in [1.29, 1.82) is 0 Å². The quantitative estimate of drug-likeness (QED) is 0.177. The molecule has 8 aromatic carbocycles. The lowest BCUT2D eigenvalue weighted by Gasteiger charge is -2.45. The molecular formula is C50H33B2N. The Morgan fingerprint density at radius 1 is 0.358 bits per heavy atom. The minimum atomic E-state index is 0.0940. The molecule has 3 heteroatoms. The van der Waals surface area contributed by atoms with Gasteiger partial charge in [-0.2, -0.15) is 0 Å². The van der Waals surface area contributed by atoms with Crippen LogP contribution in [-0.2, 0) is 0 Å². The highest BCUT2D eigenvalue weighted by Gasteiger charge is 2.45. The predicted molar refractivity (Wildman–Crippen MR) is 224 cm³/mol. The molecule has 13 rings (SSSR count). The number of rotatable bonds is 3. The van der Waals surface area contributed by atoms with E-state index in [-0.39, 0.29) is 25.3 Å². The van der Waals surface area contributed by atoms with Gasteiger partial charge in [-0.25, -0.2) is 0 Å². The first-order chi connectivity index (χ1) is 26.3. The van der Waals surface area contributed by atoms with Crippen LogP contribution in [-0.4, -0.2) is 13.4 Å². The van der Waals surface area contributed by atoms with Gasteiger partial charge in [-0.1, -0.05) is 187 Å². The summed E-state index contributed by atoms with van der Waals surface area (Å²) in [6.45, 7) is 0.188. The zero-order valence-corrected chi connectivity index (χ0v) is 29.2. The molecule has 0 unspecified atom stereocenters. The van der Waals surface area contributed by atoms with Crippen molar-refractivity contribution in [2.75, 3.05) is 4.90 Å². The van der Waals surface area contributed by atoms with Crippen molar-refractivity contribution in [3.05, 3.63) is 221 Å². The van der Waals surface area contributed by atoms with E-state index in [9.17, 15) is 0 Å². The average Bonchev–Trinajstić information content (AvgIpc) is 3.23. The fourth-order valence-electron chi connectivity index (χ4n) is 10.6. The lowest BCUT2D eigenvalue weighted by molar-refractivity contribution is 0.756. The molecule has 0 saturated carbocycles. The number of anilines is 3. The first-order valence-electron chi connectivity index (χ1n) is 18.9. The topological polar surface area (TPSA) is 3.24 Å². The van der Waals surface area contributed by atoms with Gasteiger partial charge >= 0.3 is 0 Å². The van der Waals surface area contributed by atoms with Gasteiger partial charge in [0, 0.05) is 28.9 Å². The molecule has 244 valence electrons. The number of hydrogen-bond acceptors (Lipinski definition) is 1. The second kappa shape index (κ2) is 11.1. The Balaban J connectivity index is 1.19. The van der Waals surface area contributed by atoms with E-state index >= 15 is 0 Å². The van der Waals surface area contributed by atoms with E-state index in [1.807, 2.05) is 0 Å². The van der Waals surface area contributed by atoms with Crippen molar-refractivity contribution < 1.29 is 0 Å². The standard InChI is InChI=1S/C50H33B2N/c1-3-16-33(17-4-1)51-41-26-11-13-28-45(41)53-46-29-14-12-27-42(46)52(34-18-5-2-6-19-34)44-31-32(30-43(51)50(44)53)35-24-15-25-40-47-36-20-7-9-22-38(36)49(48(35)40)39-23-10-8-21-37(39)47/h1-31,47,49H. The van der Waals surface area contributed by atoms with Gasteiger partial charge in [-0.15, -0.1) is 0 Å². The molecule has 5 aliphatic rings. The highest BCUT2D eigenvalue weighted by atomic mass is 15.2. The van der Waals surface area contributed by atoms with Gasteiger partial charge in [0.1, 0.15) is 0 Å². The fourth-order valence-corrected chi connectivity index (χ4v) is 10.6. The Bertz CT molecular complexity index is 2610. The molecule has 0 saturated heterocycles. The van der Waals surface area contributed by atoms with Gasteiger partial charge < -0.3 is 4.90 Å². The maximum Gasteiger partial charge on any atom is 0.246 e. The van der Waals surface area contributed by atoms with Crippen LogP contribution in [0.5, 0.6) is 0 Å². The van der Waals surface area contributed by atoms with Crippen LogP contribution in [0.1, 0.15) is 45.2 Å². The molecule has 0 N–H and O–H groups in total. The number of nitrogens with zero attached hydrogens (tertiary/aromatic N) is 1. The van der Waals surface area contributed by atoms with Crippen LogP contribution in [0.2, 0.25) is 0 Å². The Morgan fingerprint density at radius 3 is 1.32 bits per heavy atom. The molecule has 53 heavy (non-hydrogen) atoms. The lowest BCUT2D eigenvalue weighted by Crippen LogP contribution is -2.65. The van der Waals surface area contributed by atoms with Crippen molar-refractivity contribution in [3.8, 4) is 11.1 Å². The van der Waals surface area contributed by atoms with Crippen molar-refractivity contribution in [2.24, 2.45) is 0 Å². The summed E-state index contributed by atoms with van der Waals surface area (Å²) in [4.78, 5) is 2.58. The minimum absolute atomic E-state index is 0.0940. The summed E-state index contributed by atoms with van der Waals surface area (Å²) >= 11 is 0. The maximum absolute atomic E-state index is 2.58. The Hall–Kier alpha value is -6.31. The van der Waals surface area contributed by atoms with E-state index in [4.69, 9.17) is 0 Å². The third-order valence-electron chi connectivity index (χ3n) is 12.5. The molecule has 0 amide bonds. The maximum atomic E-state index is 2.58. The number of hydrogen-bond donors (Lipinski definition) is 0. The zero-order chi connectivity index (χ0) is 34.6. The van der Waals surface area contributed by atoms with Crippen molar-refractivity contribution >= 4 is 63.3 Å². The Labute approximate surface area is 311 Å². The molecule has 2 bridgehead atoms. The van der Waals surface area contributed by atoms with Crippen LogP contribution < -0.4 is 37.7 Å². The average molecular weight is 669 g/mol. The first-order valence-corrected chi connectivity index (χ1v) is 18.9. The van der Waals surface area contributed by atoms with Gasteiger partial charge in [0.15, 0.2) is 0 Å². The summed E-state index contributed by atoms with van der Waals surface area (Å²) in [5, 5.41) is 0. The van der Waals surface area contributed by atoms with E-state index in [0.29, 0.717) is 0 Å². The lowest BCUT2D eigenvalue weighted by atomic mass is 9.30. The van der Waals surface area contributed by atoms with Gasteiger partial charge in [-0.3, -0.25) is 0 Å². The van der Waals surface area contributed by atoms with E-state index in [0.717, 1.165) is 0 Å². The van der Waals surface area contributed by atoms with Crippen molar-refractivity contribution in [1.82, 2.24) is 0 Å². The largest absolute Gasteiger partial charge is 0.313 e. The van der Waals surface area contributed by atoms with Gasteiger partial charge in [0.2, 0.25) is 13.4 Å². The van der Waals surface area contributed by atoms with Gasteiger partial charge in [-0.05, 0) is 78.5 Å². The van der Waals surface area contributed by atoms with Crippen molar-refractivity contribution in [2.45, 2.75) is 11.8 Å². The molecule has 8 aromatic rings. The summed E-state index contributed by atoms with van der Waals surface area (Å²) in [5.74, 6) is 0.431. The van der Waals surface area contributed by atoms with Crippen LogP contribution in [0, 0.1) is 0 Å². The van der Waals surface area contributed by atoms with Crippen molar-refractivity contribution in [3.63, 3.8) is 0 Å². The summed E-state index contributed by atoms with van der Waals surface area (Å²) in [6, 6.07) is 71.1. The SMILES string of the molecule is c1ccc(B2c3ccccc3N3c4ccccc4B(c4ccccc4)c4cc(-c5cccc6c5C5c7ccccc7C6c6ccccc65)cc2c43)cc1. The summed E-state index contributed by atoms with van der Waals surface area (Å²) in [5.41, 5.74) is 23.4. The van der Waals surface area contributed by atoms with Gasteiger partial charge in [0.25, 0.3) is 0 Å². The molecule has 0 spiro atoms.